The number of alkyl halides is 5. The van der Waals surface area contributed by atoms with E-state index in [1.54, 1.807) is 0 Å². The summed E-state index contributed by atoms with van der Waals surface area (Å²) >= 11 is 0. The lowest BCUT2D eigenvalue weighted by Gasteiger charge is -2.33. The molecule has 0 aliphatic carbocycles. The van der Waals surface area contributed by atoms with Crippen LogP contribution in [0.25, 0.3) is 0 Å². The number of hydrogen-bond donors (Lipinski definition) is 0. The van der Waals surface area contributed by atoms with E-state index in [0.717, 1.165) is 0 Å². The molecular formula is C9H12F5NO2. The van der Waals surface area contributed by atoms with Crippen molar-refractivity contribution in [3.05, 3.63) is 0 Å². The molecule has 0 bridgehead atoms. The van der Waals surface area contributed by atoms with Gasteiger partial charge in [-0.15, -0.1) is 0 Å². The predicted octanol–water partition coefficient (Wildman–Crippen LogP) is 1.82. The van der Waals surface area contributed by atoms with E-state index in [2.05, 4.69) is 0 Å². The van der Waals surface area contributed by atoms with Gasteiger partial charge in [-0.25, -0.2) is 0 Å². The average molecular weight is 261 g/mol. The predicted molar refractivity (Wildman–Crippen MR) is 47.6 cm³/mol. The summed E-state index contributed by atoms with van der Waals surface area (Å²) in [5, 5.41) is 0. The smallest absolute Gasteiger partial charge is 0.381 e. The number of ether oxygens (including phenoxy) is 1. The maximum absolute atomic E-state index is 12.7. The number of nitrogens with zero attached hydrogens (tertiary/aromatic N) is 1. The Kier molecular flexibility index (Phi) is 3.95. The van der Waals surface area contributed by atoms with Crippen LogP contribution in [0.4, 0.5) is 22.0 Å². The molecule has 0 spiro atoms. The molecule has 0 aromatic rings. The van der Waals surface area contributed by atoms with Crippen LogP contribution in [0, 0.1) is 0 Å². The monoisotopic (exact) mass is 261 g/mol. The highest BCUT2D eigenvalue weighted by molar-refractivity contribution is 5.84. The first-order valence-corrected chi connectivity index (χ1v) is 4.97. The van der Waals surface area contributed by atoms with E-state index in [1.807, 2.05) is 0 Å². The third-order valence-corrected chi connectivity index (χ3v) is 2.69. The minimum absolute atomic E-state index is 0.150. The Morgan fingerprint density at radius 2 is 1.65 bits per heavy atom. The van der Waals surface area contributed by atoms with Gasteiger partial charge in [0.1, 0.15) is 0 Å². The fourth-order valence-electron chi connectivity index (χ4n) is 1.61. The first-order valence-electron chi connectivity index (χ1n) is 4.97. The molecule has 1 rings (SSSR count). The van der Waals surface area contributed by atoms with Crippen molar-refractivity contribution in [2.45, 2.75) is 31.0 Å². The summed E-state index contributed by atoms with van der Waals surface area (Å²) < 4.78 is 66.3. The normalized spacial score (nSPS) is 19.5. The Hall–Kier alpha value is -0.920. The van der Waals surface area contributed by atoms with Crippen molar-refractivity contribution in [3.8, 4) is 0 Å². The summed E-state index contributed by atoms with van der Waals surface area (Å²) in [4.78, 5) is 11.6. The number of rotatable bonds is 2. The Morgan fingerprint density at radius 1 is 1.18 bits per heavy atom. The summed E-state index contributed by atoms with van der Waals surface area (Å²) in [6, 6.07) is 0. The van der Waals surface area contributed by atoms with Crippen LogP contribution in [-0.4, -0.2) is 49.2 Å². The number of amides is 1. The van der Waals surface area contributed by atoms with Gasteiger partial charge in [0.2, 0.25) is 0 Å². The largest absolute Gasteiger partial charge is 0.463 e. The second-order valence-corrected chi connectivity index (χ2v) is 3.80. The molecule has 0 aromatic heterocycles. The number of likely N-dealkylation sites (tertiary alicyclic amines) is 1. The molecular weight excluding hydrogens is 249 g/mol. The molecule has 0 radical (unpaired) electrons. The summed E-state index contributed by atoms with van der Waals surface area (Å²) in [6.07, 6.45) is -5.52. The lowest BCUT2D eigenvalue weighted by Crippen LogP contribution is -2.54. The number of carbonyl (C=O) groups excluding carboxylic acids is 1. The van der Waals surface area contributed by atoms with Crippen molar-refractivity contribution in [1.82, 2.24) is 4.90 Å². The van der Waals surface area contributed by atoms with Crippen LogP contribution in [0.5, 0.6) is 0 Å². The summed E-state index contributed by atoms with van der Waals surface area (Å²) in [5.41, 5.74) is 0. The second-order valence-electron chi connectivity index (χ2n) is 3.80. The minimum atomic E-state index is -5.85. The zero-order valence-electron chi connectivity index (χ0n) is 9.06. The molecule has 0 saturated carbocycles. The molecule has 1 aliphatic rings. The Labute approximate surface area is 94.5 Å². The van der Waals surface area contributed by atoms with Crippen LogP contribution in [0.1, 0.15) is 12.8 Å². The third kappa shape index (κ3) is 2.85. The number of halogens is 5. The Bertz CT molecular complexity index is 284. The average Bonchev–Trinajstić information content (AvgIpc) is 2.26. The van der Waals surface area contributed by atoms with E-state index in [0.29, 0.717) is 4.90 Å². The molecule has 0 unspecified atom stereocenters. The molecule has 0 aromatic carbocycles. The van der Waals surface area contributed by atoms with Crippen molar-refractivity contribution in [2.75, 3.05) is 20.2 Å². The van der Waals surface area contributed by atoms with Crippen LogP contribution in [-0.2, 0) is 9.53 Å². The molecule has 1 saturated heterocycles. The van der Waals surface area contributed by atoms with Crippen molar-refractivity contribution in [1.29, 1.82) is 0 Å². The van der Waals surface area contributed by atoms with Gasteiger partial charge in [0.25, 0.3) is 0 Å². The van der Waals surface area contributed by atoms with Crippen molar-refractivity contribution >= 4 is 5.91 Å². The molecule has 3 nitrogen and oxygen atoms in total. The minimum Gasteiger partial charge on any atom is -0.381 e. The Balaban J connectivity index is 2.66. The molecule has 17 heavy (non-hydrogen) atoms. The van der Waals surface area contributed by atoms with Gasteiger partial charge in [0.15, 0.2) is 0 Å². The first kappa shape index (κ1) is 14.1. The van der Waals surface area contributed by atoms with E-state index in [9.17, 15) is 26.7 Å². The van der Waals surface area contributed by atoms with Crippen LogP contribution in [0.15, 0.2) is 0 Å². The summed E-state index contributed by atoms with van der Waals surface area (Å²) in [5.74, 6) is -7.49. The van der Waals surface area contributed by atoms with Crippen LogP contribution < -0.4 is 0 Å². The lowest BCUT2D eigenvalue weighted by molar-refractivity contribution is -0.275. The zero-order chi connectivity index (χ0) is 13.3. The van der Waals surface area contributed by atoms with Gasteiger partial charge in [-0.1, -0.05) is 0 Å². The molecule has 0 N–H and O–H groups in total. The molecule has 1 amide bonds. The molecule has 8 heteroatoms. The lowest BCUT2D eigenvalue weighted by atomic mass is 10.1. The van der Waals surface area contributed by atoms with Crippen molar-refractivity contribution in [2.24, 2.45) is 0 Å². The van der Waals surface area contributed by atoms with Gasteiger partial charge in [-0.05, 0) is 12.8 Å². The van der Waals surface area contributed by atoms with Gasteiger partial charge in [-0.2, -0.15) is 22.0 Å². The summed E-state index contributed by atoms with van der Waals surface area (Å²) in [7, 11) is 1.42. The van der Waals surface area contributed by atoms with Crippen molar-refractivity contribution in [3.63, 3.8) is 0 Å². The zero-order valence-corrected chi connectivity index (χ0v) is 9.06. The maximum Gasteiger partial charge on any atom is 0.463 e. The van der Waals surface area contributed by atoms with Gasteiger partial charge in [-0.3, -0.25) is 4.79 Å². The van der Waals surface area contributed by atoms with E-state index < -0.39 is 18.0 Å². The van der Waals surface area contributed by atoms with Gasteiger partial charge in [0, 0.05) is 20.2 Å². The highest BCUT2D eigenvalue weighted by atomic mass is 19.4. The molecule has 100 valence electrons. The molecule has 1 aliphatic heterocycles. The third-order valence-electron chi connectivity index (χ3n) is 2.69. The van der Waals surface area contributed by atoms with Crippen LogP contribution in [0.2, 0.25) is 0 Å². The number of carbonyl (C=O) groups is 1. The standard InChI is InChI=1S/C9H12F5NO2/c1-17-6-2-4-15(5-3-6)7(16)8(10,11)9(12,13)14/h6H,2-5H2,1H3. The SMILES string of the molecule is COC1CCN(C(=O)C(F)(F)C(F)(F)F)CC1. The highest BCUT2D eigenvalue weighted by Gasteiger charge is 2.64. The van der Waals surface area contributed by atoms with Gasteiger partial charge in [0.05, 0.1) is 6.10 Å². The van der Waals surface area contributed by atoms with Gasteiger partial charge >= 0.3 is 18.0 Å². The quantitative estimate of drug-likeness (QED) is 0.710. The number of methoxy groups -OCH3 is 1. The number of hydrogen-bond acceptors (Lipinski definition) is 2. The maximum atomic E-state index is 12.7. The second kappa shape index (κ2) is 4.75. The molecule has 0 atom stereocenters. The number of piperidine rings is 1. The van der Waals surface area contributed by atoms with Gasteiger partial charge < -0.3 is 9.64 Å². The highest BCUT2D eigenvalue weighted by Crippen LogP contribution is 2.37. The first-order chi connectivity index (χ1) is 7.70. The fraction of sp³-hybridized carbons (Fsp3) is 0.889. The van der Waals surface area contributed by atoms with E-state index in [-0.39, 0.29) is 32.0 Å². The van der Waals surface area contributed by atoms with Crippen molar-refractivity contribution < 1.29 is 31.5 Å². The van der Waals surface area contributed by atoms with E-state index in [1.165, 1.54) is 7.11 Å². The topological polar surface area (TPSA) is 29.5 Å². The Morgan fingerprint density at radius 3 is 2.00 bits per heavy atom. The summed E-state index contributed by atoms with van der Waals surface area (Å²) in [6.45, 7) is -0.300. The van der Waals surface area contributed by atoms with Crippen LogP contribution in [0.3, 0.4) is 0 Å². The molecule has 1 heterocycles. The van der Waals surface area contributed by atoms with Crippen LogP contribution >= 0.6 is 0 Å². The fourth-order valence-corrected chi connectivity index (χ4v) is 1.61. The molecule has 1 fully saturated rings. The van der Waals surface area contributed by atoms with E-state index in [4.69, 9.17) is 4.74 Å². The van der Waals surface area contributed by atoms with E-state index >= 15 is 0 Å².